The summed E-state index contributed by atoms with van der Waals surface area (Å²) in [7, 11) is 3.21. The maximum absolute atomic E-state index is 9.82. The maximum atomic E-state index is 9.82. The van der Waals surface area contributed by atoms with E-state index < -0.39 is 0 Å². The summed E-state index contributed by atoms with van der Waals surface area (Å²) in [6.45, 7) is 1.98. The molecule has 2 rings (SSSR count). The van der Waals surface area contributed by atoms with Gasteiger partial charge in [0.05, 0.1) is 20.3 Å². The Hall–Kier alpha value is -2.01. The Bertz CT molecular complexity index is 686. The van der Waals surface area contributed by atoms with Gasteiger partial charge < -0.3 is 14.6 Å². The lowest BCUT2D eigenvalue weighted by Gasteiger charge is -2.12. The Balaban J connectivity index is 2.23. The Labute approximate surface area is 138 Å². The summed E-state index contributed by atoms with van der Waals surface area (Å²) in [5, 5.41) is 9.82. The number of halogens is 1. The van der Waals surface area contributed by atoms with Gasteiger partial charge in [0.25, 0.3) is 0 Å². The number of ether oxygens (including phenoxy) is 2. The second kappa shape index (κ2) is 7.31. The van der Waals surface area contributed by atoms with Crippen LogP contribution in [0.3, 0.4) is 0 Å². The van der Waals surface area contributed by atoms with E-state index in [1.165, 1.54) is 0 Å². The molecule has 1 unspecified atom stereocenters. The molecule has 0 aliphatic carbocycles. The summed E-state index contributed by atoms with van der Waals surface area (Å²) in [5.74, 6) is 1.56. The van der Waals surface area contributed by atoms with Crippen molar-refractivity contribution in [3.63, 3.8) is 0 Å². The predicted molar refractivity (Wildman–Crippen MR) is 91.4 cm³/mol. The first-order valence-electron chi connectivity index (χ1n) is 6.78. The molecule has 0 fully saturated rings. The fourth-order valence-electron chi connectivity index (χ4n) is 2.02. The molecule has 0 radical (unpaired) electrons. The van der Waals surface area contributed by atoms with Crippen LogP contribution >= 0.6 is 15.9 Å². The van der Waals surface area contributed by atoms with Crippen molar-refractivity contribution >= 4 is 22.1 Å². The van der Waals surface area contributed by atoms with Crippen molar-refractivity contribution in [3.8, 4) is 17.2 Å². The molecule has 4 nitrogen and oxygen atoms in total. The van der Waals surface area contributed by atoms with E-state index in [2.05, 4.69) is 20.9 Å². The summed E-state index contributed by atoms with van der Waals surface area (Å²) < 4.78 is 11.4. The zero-order chi connectivity index (χ0) is 16.1. The average Bonchev–Trinajstić information content (AvgIpc) is 2.54. The van der Waals surface area contributed by atoms with Gasteiger partial charge in [-0.2, -0.15) is 0 Å². The van der Waals surface area contributed by atoms with Gasteiger partial charge in [-0.25, -0.2) is 0 Å². The number of methoxy groups -OCH3 is 2. The van der Waals surface area contributed by atoms with Gasteiger partial charge in [0.1, 0.15) is 5.75 Å². The fourth-order valence-corrected chi connectivity index (χ4v) is 2.40. The molecule has 2 aromatic carbocycles. The summed E-state index contributed by atoms with van der Waals surface area (Å²) in [6, 6.07) is 10.9. The van der Waals surface area contributed by atoms with Crippen LogP contribution in [0.5, 0.6) is 17.2 Å². The molecule has 116 valence electrons. The fraction of sp³-hybridized carbons (Fsp3) is 0.235. The number of phenolic OH excluding ortho intramolecular Hbond substituents is 1. The molecule has 5 heteroatoms. The monoisotopic (exact) mass is 363 g/mol. The Morgan fingerprint density at radius 3 is 2.50 bits per heavy atom. The second-order valence-corrected chi connectivity index (χ2v) is 5.69. The molecule has 22 heavy (non-hydrogen) atoms. The summed E-state index contributed by atoms with van der Waals surface area (Å²) in [4.78, 5) is 4.50. The van der Waals surface area contributed by atoms with Gasteiger partial charge >= 0.3 is 0 Å². The summed E-state index contributed by atoms with van der Waals surface area (Å²) >= 11 is 3.38. The van der Waals surface area contributed by atoms with E-state index in [4.69, 9.17) is 9.47 Å². The van der Waals surface area contributed by atoms with Crippen LogP contribution in [0.15, 0.2) is 45.9 Å². The first-order chi connectivity index (χ1) is 10.5. The number of phenols is 1. The lowest BCUT2D eigenvalue weighted by molar-refractivity contribution is 0.354. The largest absolute Gasteiger partial charge is 0.507 e. The van der Waals surface area contributed by atoms with Crippen LogP contribution < -0.4 is 9.47 Å². The number of aromatic hydroxyl groups is 1. The van der Waals surface area contributed by atoms with Crippen LogP contribution in [0.1, 0.15) is 24.1 Å². The van der Waals surface area contributed by atoms with Gasteiger partial charge in [-0.15, -0.1) is 0 Å². The molecule has 1 N–H and O–H groups in total. The van der Waals surface area contributed by atoms with Crippen LogP contribution in [0.25, 0.3) is 0 Å². The average molecular weight is 364 g/mol. The van der Waals surface area contributed by atoms with Crippen LogP contribution in [0.2, 0.25) is 0 Å². The number of nitrogens with zero attached hydrogens (tertiary/aromatic N) is 1. The predicted octanol–water partition coefficient (Wildman–Crippen LogP) is 4.35. The topological polar surface area (TPSA) is 51.0 Å². The van der Waals surface area contributed by atoms with Crippen molar-refractivity contribution in [2.45, 2.75) is 13.0 Å². The molecule has 0 saturated carbocycles. The minimum Gasteiger partial charge on any atom is -0.507 e. The van der Waals surface area contributed by atoms with Gasteiger partial charge in [-0.05, 0) is 42.8 Å². The first-order valence-corrected chi connectivity index (χ1v) is 7.58. The van der Waals surface area contributed by atoms with E-state index in [1.807, 2.05) is 31.2 Å². The third-order valence-corrected chi connectivity index (χ3v) is 3.81. The van der Waals surface area contributed by atoms with E-state index in [0.717, 1.165) is 10.0 Å². The van der Waals surface area contributed by atoms with Gasteiger partial charge in [0.2, 0.25) is 0 Å². The number of hydrogen-bond donors (Lipinski definition) is 1. The molecule has 2 aromatic rings. The van der Waals surface area contributed by atoms with E-state index in [0.29, 0.717) is 17.1 Å². The van der Waals surface area contributed by atoms with E-state index >= 15 is 0 Å². The van der Waals surface area contributed by atoms with E-state index in [-0.39, 0.29) is 11.8 Å². The zero-order valence-corrected chi connectivity index (χ0v) is 14.3. The Kier molecular flexibility index (Phi) is 5.44. The minimum atomic E-state index is -0.0711. The molecule has 0 aliphatic heterocycles. The van der Waals surface area contributed by atoms with Crippen molar-refractivity contribution < 1.29 is 14.6 Å². The Morgan fingerprint density at radius 1 is 1.09 bits per heavy atom. The van der Waals surface area contributed by atoms with Crippen molar-refractivity contribution in [3.05, 3.63) is 52.0 Å². The lowest BCUT2D eigenvalue weighted by Crippen LogP contribution is -1.95. The molecule has 0 heterocycles. The van der Waals surface area contributed by atoms with Gasteiger partial charge in [-0.1, -0.05) is 22.0 Å². The first kappa shape index (κ1) is 16.4. The van der Waals surface area contributed by atoms with Crippen LogP contribution in [-0.4, -0.2) is 25.5 Å². The normalized spacial score (nSPS) is 12.4. The summed E-state index contributed by atoms with van der Waals surface area (Å²) in [6.07, 6.45) is 1.67. The number of rotatable bonds is 5. The van der Waals surface area contributed by atoms with Gasteiger partial charge in [0, 0.05) is 16.3 Å². The minimum absolute atomic E-state index is 0.0711. The third-order valence-electron chi connectivity index (χ3n) is 3.32. The number of benzene rings is 2. The highest BCUT2D eigenvalue weighted by Crippen LogP contribution is 2.31. The molecular weight excluding hydrogens is 346 g/mol. The molecule has 0 aliphatic rings. The quantitative estimate of drug-likeness (QED) is 0.803. The molecule has 1 atom stereocenters. The molecule has 0 bridgehead atoms. The zero-order valence-electron chi connectivity index (χ0n) is 12.7. The molecule has 0 aromatic heterocycles. The second-order valence-electron chi connectivity index (χ2n) is 4.77. The highest BCUT2D eigenvalue weighted by Gasteiger charge is 2.09. The number of aliphatic imine (C=N–C) groups is 1. The van der Waals surface area contributed by atoms with Crippen molar-refractivity contribution in [1.82, 2.24) is 0 Å². The molecule has 0 spiro atoms. The molecular formula is C17H18BrNO3. The van der Waals surface area contributed by atoms with Crippen LogP contribution in [0, 0.1) is 0 Å². The van der Waals surface area contributed by atoms with Gasteiger partial charge in [-0.3, -0.25) is 4.99 Å². The lowest BCUT2D eigenvalue weighted by atomic mass is 10.1. The highest BCUT2D eigenvalue weighted by molar-refractivity contribution is 9.10. The molecule has 0 amide bonds. The van der Waals surface area contributed by atoms with E-state index in [9.17, 15) is 5.11 Å². The highest BCUT2D eigenvalue weighted by atomic mass is 79.9. The van der Waals surface area contributed by atoms with Crippen molar-refractivity contribution in [2.75, 3.05) is 14.2 Å². The van der Waals surface area contributed by atoms with Crippen LogP contribution in [0.4, 0.5) is 0 Å². The number of hydrogen-bond acceptors (Lipinski definition) is 4. The maximum Gasteiger partial charge on any atom is 0.161 e. The smallest absolute Gasteiger partial charge is 0.161 e. The third kappa shape index (κ3) is 3.80. The van der Waals surface area contributed by atoms with Crippen molar-refractivity contribution in [1.29, 1.82) is 0 Å². The summed E-state index contributed by atoms with van der Waals surface area (Å²) in [5.41, 5.74) is 1.67. The Morgan fingerprint density at radius 2 is 1.82 bits per heavy atom. The van der Waals surface area contributed by atoms with E-state index in [1.54, 1.807) is 32.6 Å². The van der Waals surface area contributed by atoms with Crippen LogP contribution in [-0.2, 0) is 0 Å². The molecule has 0 saturated heterocycles. The SMILES string of the molecule is COc1ccc(C(C)N=Cc2cc(Br)ccc2O)cc1OC. The van der Waals surface area contributed by atoms with Gasteiger partial charge in [0.15, 0.2) is 11.5 Å². The van der Waals surface area contributed by atoms with Crippen molar-refractivity contribution in [2.24, 2.45) is 4.99 Å². The standard InChI is InChI=1S/C17H18BrNO3/c1-11(12-4-7-16(21-2)17(9-12)22-3)19-10-13-8-14(18)5-6-15(13)20/h4-11,20H,1-3H3.